The van der Waals surface area contributed by atoms with Gasteiger partial charge in [0.2, 0.25) is 5.91 Å². The van der Waals surface area contributed by atoms with Crippen molar-refractivity contribution in [3.63, 3.8) is 0 Å². The average Bonchev–Trinajstić information content (AvgIpc) is 2.60. The minimum absolute atomic E-state index is 0.0206. The maximum atomic E-state index is 12.1. The lowest BCUT2D eigenvalue weighted by molar-refractivity contribution is -0.120. The van der Waals surface area contributed by atoms with Crippen LogP contribution in [0.5, 0.6) is 0 Å². The van der Waals surface area contributed by atoms with Crippen molar-refractivity contribution in [1.29, 1.82) is 0 Å². The Hall–Kier alpha value is -2.62. The van der Waals surface area contributed by atoms with E-state index >= 15 is 0 Å². The van der Waals surface area contributed by atoms with Gasteiger partial charge in [-0.1, -0.05) is 43.3 Å². The molecular formula is C20H24N2O2. The molecule has 0 aliphatic carbocycles. The number of amides is 2. The number of nitrogens with one attached hydrogen (secondary N) is 2. The molecular weight excluding hydrogens is 300 g/mol. The molecule has 0 unspecified atom stereocenters. The molecule has 0 saturated carbocycles. The molecule has 126 valence electrons. The number of carbonyl (C=O) groups is 2. The fourth-order valence-corrected chi connectivity index (χ4v) is 2.37. The Labute approximate surface area is 143 Å². The van der Waals surface area contributed by atoms with Crippen molar-refractivity contribution < 1.29 is 9.59 Å². The number of benzene rings is 2. The Kier molecular flexibility index (Phi) is 6.13. The largest absolute Gasteiger partial charge is 0.354 e. The minimum Gasteiger partial charge on any atom is -0.354 e. The van der Waals surface area contributed by atoms with Crippen molar-refractivity contribution in [3.05, 3.63) is 70.8 Å². The zero-order valence-electron chi connectivity index (χ0n) is 14.4. The summed E-state index contributed by atoms with van der Waals surface area (Å²) in [4.78, 5) is 24.0. The lowest BCUT2D eigenvalue weighted by atomic mass is 10.0. The number of aryl methyl sites for hydroxylation is 2. The number of hydrogen-bond acceptors (Lipinski definition) is 2. The summed E-state index contributed by atoms with van der Waals surface area (Å²) in [6.45, 7) is 6.54. The van der Waals surface area contributed by atoms with Crippen molar-refractivity contribution in [2.24, 2.45) is 0 Å². The maximum Gasteiger partial charge on any atom is 0.251 e. The van der Waals surface area contributed by atoms with Crippen LogP contribution in [0.1, 0.15) is 39.9 Å². The normalized spacial score (nSPS) is 11.6. The Morgan fingerprint density at radius 1 is 0.958 bits per heavy atom. The molecule has 0 heterocycles. The van der Waals surface area contributed by atoms with Gasteiger partial charge in [-0.05, 0) is 48.6 Å². The van der Waals surface area contributed by atoms with Crippen LogP contribution in [0, 0.1) is 13.8 Å². The van der Waals surface area contributed by atoms with Gasteiger partial charge in [0.1, 0.15) is 0 Å². The summed E-state index contributed by atoms with van der Waals surface area (Å²) in [5, 5.41) is 5.51. The zero-order chi connectivity index (χ0) is 17.5. The second-order valence-electron chi connectivity index (χ2n) is 6.10. The van der Waals surface area contributed by atoms with E-state index in [1.807, 2.05) is 56.3 Å². The molecule has 0 aliphatic rings. The lowest BCUT2D eigenvalue weighted by Gasteiger charge is -2.13. The molecule has 0 spiro atoms. The van der Waals surface area contributed by atoms with Gasteiger partial charge in [0.05, 0.1) is 6.54 Å². The summed E-state index contributed by atoms with van der Waals surface area (Å²) in [5.74, 6) is -0.190. The van der Waals surface area contributed by atoms with Gasteiger partial charge in [0, 0.05) is 12.1 Å². The van der Waals surface area contributed by atoms with E-state index in [4.69, 9.17) is 0 Å². The Balaban J connectivity index is 1.78. The van der Waals surface area contributed by atoms with Crippen LogP contribution < -0.4 is 10.6 Å². The van der Waals surface area contributed by atoms with Gasteiger partial charge in [-0.15, -0.1) is 0 Å². The summed E-state index contributed by atoms with van der Waals surface area (Å²) >= 11 is 0. The third-order valence-corrected chi connectivity index (χ3v) is 4.15. The van der Waals surface area contributed by atoms with Gasteiger partial charge in [-0.25, -0.2) is 0 Å². The summed E-state index contributed by atoms with van der Waals surface area (Å²) < 4.78 is 0. The molecule has 4 heteroatoms. The molecule has 2 rings (SSSR count). The van der Waals surface area contributed by atoms with Crippen LogP contribution in [-0.4, -0.2) is 24.9 Å². The van der Waals surface area contributed by atoms with Crippen LogP contribution in [0.4, 0.5) is 0 Å². The highest BCUT2D eigenvalue weighted by Crippen LogP contribution is 2.13. The quantitative estimate of drug-likeness (QED) is 0.858. The molecule has 2 aromatic carbocycles. The molecule has 0 aliphatic heterocycles. The minimum atomic E-state index is -0.232. The second-order valence-corrected chi connectivity index (χ2v) is 6.10. The van der Waals surface area contributed by atoms with Crippen molar-refractivity contribution in [1.82, 2.24) is 10.6 Å². The summed E-state index contributed by atoms with van der Waals surface area (Å²) in [7, 11) is 0. The summed E-state index contributed by atoms with van der Waals surface area (Å²) in [6, 6.07) is 15.5. The van der Waals surface area contributed by atoms with E-state index in [1.165, 1.54) is 5.56 Å². The zero-order valence-corrected chi connectivity index (χ0v) is 14.4. The third-order valence-electron chi connectivity index (χ3n) is 4.15. The Morgan fingerprint density at radius 2 is 1.67 bits per heavy atom. The van der Waals surface area contributed by atoms with Crippen molar-refractivity contribution in [2.75, 3.05) is 13.1 Å². The van der Waals surface area contributed by atoms with Crippen LogP contribution in [0.25, 0.3) is 0 Å². The van der Waals surface area contributed by atoms with Crippen molar-refractivity contribution in [2.45, 2.75) is 26.7 Å². The molecule has 2 aromatic rings. The van der Waals surface area contributed by atoms with Crippen LogP contribution in [0.3, 0.4) is 0 Å². The molecule has 0 radical (unpaired) electrons. The van der Waals surface area contributed by atoms with Crippen LogP contribution >= 0.6 is 0 Å². The van der Waals surface area contributed by atoms with E-state index in [1.54, 1.807) is 6.07 Å². The first kappa shape index (κ1) is 17.7. The van der Waals surface area contributed by atoms with Gasteiger partial charge in [-0.3, -0.25) is 9.59 Å². The highest BCUT2D eigenvalue weighted by Gasteiger charge is 2.10. The average molecular weight is 324 g/mol. The predicted octanol–water partition coefficient (Wildman–Crippen LogP) is 2.95. The number of carbonyl (C=O) groups excluding carboxylic acids is 2. The van der Waals surface area contributed by atoms with Crippen LogP contribution in [-0.2, 0) is 4.79 Å². The number of hydrogen-bond donors (Lipinski definition) is 2. The molecule has 0 fully saturated rings. The molecule has 2 amide bonds. The van der Waals surface area contributed by atoms with Crippen molar-refractivity contribution >= 4 is 11.8 Å². The van der Waals surface area contributed by atoms with Gasteiger partial charge >= 0.3 is 0 Å². The van der Waals surface area contributed by atoms with Crippen molar-refractivity contribution in [3.8, 4) is 0 Å². The summed E-state index contributed by atoms with van der Waals surface area (Å²) in [5.41, 5.74) is 3.95. The molecule has 0 saturated heterocycles. The van der Waals surface area contributed by atoms with Crippen LogP contribution in [0.15, 0.2) is 48.5 Å². The lowest BCUT2D eigenvalue weighted by Crippen LogP contribution is -2.38. The fourth-order valence-electron chi connectivity index (χ4n) is 2.37. The van der Waals surface area contributed by atoms with E-state index in [2.05, 4.69) is 17.6 Å². The fraction of sp³-hybridized carbons (Fsp3) is 0.300. The van der Waals surface area contributed by atoms with E-state index in [9.17, 15) is 9.59 Å². The maximum absolute atomic E-state index is 12.1. The van der Waals surface area contributed by atoms with Gasteiger partial charge in [0.25, 0.3) is 5.91 Å². The highest BCUT2D eigenvalue weighted by atomic mass is 16.2. The summed E-state index contributed by atoms with van der Waals surface area (Å²) in [6.07, 6.45) is 0. The SMILES string of the molecule is Cc1ccc(C(=O)NCC(=O)NC[C@H](C)c2ccccc2)cc1C. The van der Waals surface area contributed by atoms with Crippen LogP contribution in [0.2, 0.25) is 0 Å². The van der Waals surface area contributed by atoms with Gasteiger partial charge < -0.3 is 10.6 Å². The molecule has 2 N–H and O–H groups in total. The van der Waals surface area contributed by atoms with E-state index in [-0.39, 0.29) is 24.3 Å². The van der Waals surface area contributed by atoms with E-state index in [0.29, 0.717) is 12.1 Å². The molecule has 24 heavy (non-hydrogen) atoms. The molecule has 0 aromatic heterocycles. The van der Waals surface area contributed by atoms with E-state index < -0.39 is 0 Å². The standard InChI is InChI=1S/C20H24N2O2/c1-14-9-10-18(11-15(14)2)20(24)22-13-19(23)21-12-16(3)17-7-5-4-6-8-17/h4-11,16H,12-13H2,1-3H3,(H,21,23)(H,22,24)/t16-/m0/s1. The monoisotopic (exact) mass is 324 g/mol. The van der Waals surface area contributed by atoms with E-state index in [0.717, 1.165) is 11.1 Å². The second kappa shape index (κ2) is 8.29. The Bertz CT molecular complexity index is 711. The smallest absolute Gasteiger partial charge is 0.251 e. The third kappa shape index (κ3) is 4.95. The topological polar surface area (TPSA) is 58.2 Å². The molecule has 0 bridgehead atoms. The van der Waals surface area contributed by atoms with Gasteiger partial charge in [0.15, 0.2) is 0 Å². The molecule has 4 nitrogen and oxygen atoms in total. The first-order chi connectivity index (χ1) is 11.5. The number of rotatable bonds is 6. The van der Waals surface area contributed by atoms with Gasteiger partial charge in [-0.2, -0.15) is 0 Å². The highest BCUT2D eigenvalue weighted by molar-refractivity contribution is 5.96. The first-order valence-electron chi connectivity index (χ1n) is 8.14. The molecule has 1 atom stereocenters. The predicted molar refractivity (Wildman–Crippen MR) is 96.1 cm³/mol. The Morgan fingerprint density at radius 3 is 2.33 bits per heavy atom. The first-order valence-corrected chi connectivity index (χ1v) is 8.14.